The normalized spacial score (nSPS) is 19.4. The molecule has 8 nitrogen and oxygen atoms in total. The Hall–Kier alpha value is -4.12. The zero-order valence-electron chi connectivity index (χ0n) is 21.7. The number of sulfonamides is 1. The van der Waals surface area contributed by atoms with Gasteiger partial charge in [0.15, 0.2) is 0 Å². The average molecular weight is 556 g/mol. The molecule has 202 valence electrons. The first-order valence-electron chi connectivity index (χ1n) is 13.0. The van der Waals surface area contributed by atoms with Gasteiger partial charge in [-0.2, -0.15) is 9.40 Å². The molecule has 2 aromatic heterocycles. The van der Waals surface area contributed by atoms with Gasteiger partial charge in [-0.3, -0.25) is 15.0 Å². The van der Waals surface area contributed by atoms with Crippen LogP contribution in [0, 0.1) is 5.82 Å². The van der Waals surface area contributed by atoms with Gasteiger partial charge in [0.05, 0.1) is 29.9 Å². The Bertz CT molecular complexity index is 1840. The number of fused-ring (bicyclic) bond motifs is 4. The predicted molar refractivity (Wildman–Crippen MR) is 149 cm³/mol. The molecular formula is C30H26FN5O3S. The van der Waals surface area contributed by atoms with Crippen molar-refractivity contribution >= 4 is 20.9 Å². The molecule has 2 aliphatic heterocycles. The van der Waals surface area contributed by atoms with Crippen LogP contribution in [0.15, 0.2) is 90.1 Å². The Morgan fingerprint density at radius 3 is 2.65 bits per heavy atom. The lowest BCUT2D eigenvalue weighted by atomic mass is 9.93. The van der Waals surface area contributed by atoms with Crippen LogP contribution in [-0.4, -0.2) is 53.0 Å². The van der Waals surface area contributed by atoms with Crippen LogP contribution in [0.25, 0.3) is 22.2 Å². The maximum absolute atomic E-state index is 14.7. The predicted octanol–water partition coefficient (Wildman–Crippen LogP) is 5.08. The van der Waals surface area contributed by atoms with E-state index >= 15 is 0 Å². The van der Waals surface area contributed by atoms with E-state index in [1.54, 1.807) is 60.2 Å². The van der Waals surface area contributed by atoms with E-state index in [0.29, 0.717) is 34.5 Å². The number of aromatic nitrogens is 3. The summed E-state index contributed by atoms with van der Waals surface area (Å²) in [6.07, 6.45) is 3.48. The maximum atomic E-state index is 14.7. The highest BCUT2D eigenvalue weighted by Gasteiger charge is 2.50. The number of hydrogen-bond acceptors (Lipinski definition) is 6. The van der Waals surface area contributed by atoms with Gasteiger partial charge in [-0.05, 0) is 66.1 Å². The lowest BCUT2D eigenvalue weighted by Crippen LogP contribution is -2.37. The molecule has 0 spiro atoms. The third-order valence-corrected chi connectivity index (χ3v) is 9.85. The van der Waals surface area contributed by atoms with Gasteiger partial charge in [-0.15, -0.1) is 0 Å². The van der Waals surface area contributed by atoms with Crippen LogP contribution in [0.4, 0.5) is 4.39 Å². The molecule has 10 heteroatoms. The van der Waals surface area contributed by atoms with E-state index in [2.05, 4.69) is 32.2 Å². The minimum absolute atomic E-state index is 0.136. The Morgan fingerprint density at radius 2 is 1.82 bits per heavy atom. The molecular weight excluding hydrogens is 529 g/mol. The molecule has 0 amide bonds. The van der Waals surface area contributed by atoms with Crippen molar-refractivity contribution < 1.29 is 17.5 Å². The van der Waals surface area contributed by atoms with Crippen molar-refractivity contribution in [2.75, 3.05) is 20.2 Å². The molecule has 1 N–H and O–H groups in total. The quantitative estimate of drug-likeness (QED) is 0.326. The monoisotopic (exact) mass is 555 g/mol. The second kappa shape index (κ2) is 9.51. The number of pyridine rings is 1. The SMILES string of the molecule is COc1ccc(S(=O)(=O)N2C[C@@H]3c4ccccc4CCN3[C@@H]2c2cn[nH]c2-c2ccc(F)cc2)c2cccnc12. The first kappa shape index (κ1) is 24.9. The van der Waals surface area contributed by atoms with Crippen LogP contribution in [0.3, 0.4) is 0 Å². The summed E-state index contributed by atoms with van der Waals surface area (Å²) in [5, 5.41) is 7.86. The van der Waals surface area contributed by atoms with Gasteiger partial charge in [0.25, 0.3) is 0 Å². The number of ether oxygens (including phenoxy) is 1. The summed E-state index contributed by atoms with van der Waals surface area (Å²) in [6, 6.07) is 20.9. The number of benzene rings is 3. The first-order valence-corrected chi connectivity index (χ1v) is 14.5. The fourth-order valence-corrected chi connectivity index (χ4v) is 7.91. The second-order valence-electron chi connectivity index (χ2n) is 10.0. The Labute approximate surface area is 231 Å². The molecule has 2 aliphatic rings. The van der Waals surface area contributed by atoms with Crippen molar-refractivity contribution in [3.8, 4) is 17.0 Å². The Kier molecular flexibility index (Phi) is 5.92. The average Bonchev–Trinajstić information content (AvgIpc) is 3.62. The molecule has 4 heterocycles. The summed E-state index contributed by atoms with van der Waals surface area (Å²) in [5.74, 6) is 0.162. The summed E-state index contributed by atoms with van der Waals surface area (Å²) < 4.78 is 50.1. The number of rotatable bonds is 5. The van der Waals surface area contributed by atoms with Gasteiger partial charge in [0, 0.05) is 35.8 Å². The lowest BCUT2D eigenvalue weighted by Gasteiger charge is -2.35. The largest absolute Gasteiger partial charge is 0.494 e. The summed E-state index contributed by atoms with van der Waals surface area (Å²) >= 11 is 0. The van der Waals surface area contributed by atoms with Gasteiger partial charge < -0.3 is 4.74 Å². The molecule has 5 aromatic rings. The first-order chi connectivity index (χ1) is 19.5. The van der Waals surface area contributed by atoms with E-state index < -0.39 is 16.2 Å². The van der Waals surface area contributed by atoms with Crippen LogP contribution in [0.1, 0.15) is 28.9 Å². The van der Waals surface area contributed by atoms with E-state index in [1.165, 1.54) is 17.7 Å². The summed E-state index contributed by atoms with van der Waals surface area (Å²) in [7, 11) is -2.50. The Balaban J connectivity index is 1.41. The number of aromatic amines is 1. The molecule has 1 saturated heterocycles. The van der Waals surface area contributed by atoms with Gasteiger partial charge in [-0.25, -0.2) is 12.8 Å². The van der Waals surface area contributed by atoms with Crippen LogP contribution in [-0.2, 0) is 16.4 Å². The lowest BCUT2D eigenvalue weighted by molar-refractivity contribution is 0.155. The smallest absolute Gasteiger partial charge is 0.245 e. The fourth-order valence-electron chi connectivity index (χ4n) is 6.14. The van der Waals surface area contributed by atoms with E-state index in [9.17, 15) is 12.8 Å². The van der Waals surface area contributed by atoms with Gasteiger partial charge in [0.1, 0.15) is 23.2 Å². The van der Waals surface area contributed by atoms with Gasteiger partial charge in [0.2, 0.25) is 10.0 Å². The second-order valence-corrected chi connectivity index (χ2v) is 11.9. The molecule has 3 aromatic carbocycles. The van der Waals surface area contributed by atoms with E-state index in [1.807, 2.05) is 12.1 Å². The molecule has 2 atom stereocenters. The highest BCUT2D eigenvalue weighted by molar-refractivity contribution is 7.89. The van der Waals surface area contributed by atoms with E-state index in [4.69, 9.17) is 4.74 Å². The third kappa shape index (κ3) is 3.82. The molecule has 1 fully saturated rings. The fraction of sp³-hybridized carbons (Fsp3) is 0.200. The summed E-state index contributed by atoms with van der Waals surface area (Å²) in [4.78, 5) is 6.83. The number of methoxy groups -OCH3 is 1. The number of H-pyrrole nitrogens is 1. The number of halogens is 1. The van der Waals surface area contributed by atoms with Crippen LogP contribution in [0.5, 0.6) is 5.75 Å². The molecule has 0 aliphatic carbocycles. The Morgan fingerprint density at radius 1 is 1.00 bits per heavy atom. The van der Waals surface area contributed by atoms with Crippen molar-refractivity contribution in [3.05, 3.63) is 108 Å². The summed E-state index contributed by atoms with van der Waals surface area (Å²) in [6.45, 7) is 0.948. The van der Waals surface area contributed by atoms with Crippen molar-refractivity contribution in [1.29, 1.82) is 0 Å². The van der Waals surface area contributed by atoms with Crippen molar-refractivity contribution in [1.82, 2.24) is 24.4 Å². The molecule has 0 unspecified atom stereocenters. The number of nitrogens with zero attached hydrogens (tertiary/aromatic N) is 4. The molecule has 0 bridgehead atoms. The highest BCUT2D eigenvalue weighted by Crippen LogP contribution is 2.48. The highest BCUT2D eigenvalue weighted by atomic mass is 32.2. The van der Waals surface area contributed by atoms with Crippen molar-refractivity contribution in [2.24, 2.45) is 0 Å². The van der Waals surface area contributed by atoms with Crippen LogP contribution in [0.2, 0.25) is 0 Å². The zero-order chi connectivity index (χ0) is 27.4. The van der Waals surface area contributed by atoms with Gasteiger partial charge in [-0.1, -0.05) is 24.3 Å². The minimum atomic E-state index is -4.04. The van der Waals surface area contributed by atoms with E-state index in [-0.39, 0.29) is 23.3 Å². The molecule has 0 radical (unpaired) electrons. The maximum Gasteiger partial charge on any atom is 0.245 e. The van der Waals surface area contributed by atoms with Crippen molar-refractivity contribution in [3.63, 3.8) is 0 Å². The minimum Gasteiger partial charge on any atom is -0.494 e. The van der Waals surface area contributed by atoms with Gasteiger partial charge >= 0.3 is 0 Å². The van der Waals surface area contributed by atoms with Crippen LogP contribution < -0.4 is 4.74 Å². The topological polar surface area (TPSA) is 91.4 Å². The van der Waals surface area contributed by atoms with Crippen LogP contribution >= 0.6 is 0 Å². The standard InChI is InChI=1S/C30H26FN5O3S/c1-39-26-12-13-27(23-7-4-15-32-29(23)26)40(37,38)36-18-25-22-6-3-2-5-19(22)14-16-35(25)30(36)24-17-33-34-28(24)20-8-10-21(31)11-9-20/h2-13,15,17,25,30H,14,16,18H2,1H3,(H,33,34)/t25-,30+/m1/s1. The zero-order valence-corrected chi connectivity index (χ0v) is 22.5. The van der Waals surface area contributed by atoms with E-state index in [0.717, 1.165) is 17.5 Å². The summed E-state index contributed by atoms with van der Waals surface area (Å²) in [5.41, 5.74) is 4.95. The third-order valence-electron chi connectivity index (χ3n) is 7.97. The number of hydrogen-bond donors (Lipinski definition) is 1. The number of nitrogens with one attached hydrogen (secondary N) is 1. The molecule has 7 rings (SSSR count). The molecule has 40 heavy (non-hydrogen) atoms. The molecule has 0 saturated carbocycles. The van der Waals surface area contributed by atoms with Crippen molar-refractivity contribution in [2.45, 2.75) is 23.5 Å².